The molecule has 1 N–H and O–H groups in total. The minimum atomic E-state index is -0.0105. The number of carbonyl (C=O) groups is 1. The van der Waals surface area contributed by atoms with Crippen molar-refractivity contribution in [1.82, 2.24) is 9.88 Å². The SMILES string of the molecule is O=C(N(Cc1cccc2[nH]ccc12)C1CC1)C12CC3CC(CC(C3)C1)C2. The zero-order chi connectivity index (χ0) is 17.3. The monoisotopic (exact) mass is 348 g/mol. The van der Waals surface area contributed by atoms with E-state index in [2.05, 4.69) is 34.1 Å². The molecule has 2 aromatic rings. The average molecular weight is 348 g/mol. The summed E-state index contributed by atoms with van der Waals surface area (Å²) in [6.07, 6.45) is 12.1. The van der Waals surface area contributed by atoms with E-state index in [-0.39, 0.29) is 5.41 Å². The van der Waals surface area contributed by atoms with Gasteiger partial charge in [-0.25, -0.2) is 0 Å². The molecule has 26 heavy (non-hydrogen) atoms. The van der Waals surface area contributed by atoms with Crippen molar-refractivity contribution in [1.29, 1.82) is 0 Å². The molecule has 0 unspecified atom stereocenters. The first-order valence-electron chi connectivity index (χ1n) is 10.6. The van der Waals surface area contributed by atoms with Gasteiger partial charge in [-0.2, -0.15) is 0 Å². The minimum absolute atomic E-state index is 0.0105. The molecule has 136 valence electrons. The molecular formula is C23H28N2O. The van der Waals surface area contributed by atoms with Crippen LogP contribution in [-0.2, 0) is 11.3 Å². The van der Waals surface area contributed by atoms with Gasteiger partial charge in [0.2, 0.25) is 5.91 Å². The molecular weight excluding hydrogens is 320 g/mol. The molecule has 5 saturated carbocycles. The van der Waals surface area contributed by atoms with Crippen molar-refractivity contribution in [3.8, 4) is 0 Å². The smallest absolute Gasteiger partial charge is 0.229 e. The van der Waals surface area contributed by atoms with Crippen LogP contribution in [0.25, 0.3) is 10.9 Å². The van der Waals surface area contributed by atoms with Gasteiger partial charge in [-0.1, -0.05) is 12.1 Å². The zero-order valence-corrected chi connectivity index (χ0v) is 15.4. The van der Waals surface area contributed by atoms with Crippen molar-refractivity contribution in [2.45, 2.75) is 64.0 Å². The molecule has 4 bridgehead atoms. The summed E-state index contributed by atoms with van der Waals surface area (Å²) in [4.78, 5) is 19.5. The number of hydrogen-bond acceptors (Lipinski definition) is 1. The Morgan fingerprint density at radius 3 is 2.38 bits per heavy atom. The summed E-state index contributed by atoms with van der Waals surface area (Å²) in [7, 11) is 0. The lowest BCUT2D eigenvalue weighted by Gasteiger charge is -2.56. The highest BCUT2D eigenvalue weighted by molar-refractivity contribution is 5.86. The van der Waals surface area contributed by atoms with Crippen LogP contribution in [0.15, 0.2) is 30.5 Å². The molecule has 0 aliphatic heterocycles. The second-order valence-electron chi connectivity index (χ2n) is 9.72. The van der Waals surface area contributed by atoms with E-state index in [0.717, 1.165) is 24.3 Å². The number of rotatable bonds is 4. The molecule has 0 radical (unpaired) electrons. The number of aromatic amines is 1. The highest BCUT2D eigenvalue weighted by atomic mass is 16.2. The molecule has 3 nitrogen and oxygen atoms in total. The van der Waals surface area contributed by atoms with Crippen LogP contribution in [0.1, 0.15) is 56.9 Å². The van der Waals surface area contributed by atoms with Crippen LogP contribution in [-0.4, -0.2) is 21.8 Å². The maximum Gasteiger partial charge on any atom is 0.229 e. The van der Waals surface area contributed by atoms with E-state index in [0.29, 0.717) is 11.9 Å². The van der Waals surface area contributed by atoms with E-state index in [9.17, 15) is 4.79 Å². The summed E-state index contributed by atoms with van der Waals surface area (Å²) in [6, 6.07) is 9.10. The zero-order valence-electron chi connectivity index (χ0n) is 15.4. The Balaban J connectivity index is 1.33. The second-order valence-corrected chi connectivity index (χ2v) is 9.72. The fourth-order valence-electron chi connectivity index (χ4n) is 6.90. The standard InChI is InChI=1S/C23H28N2O/c26-22(23-11-15-8-16(12-23)10-17(9-15)13-23)25(19-4-5-19)14-18-2-1-3-21-20(18)6-7-24-21/h1-3,6-7,15-17,19,24H,4-5,8-14H2. The summed E-state index contributed by atoms with van der Waals surface area (Å²) in [5.41, 5.74) is 2.47. The van der Waals surface area contributed by atoms with Crippen LogP contribution in [0.5, 0.6) is 0 Å². The van der Waals surface area contributed by atoms with Crippen LogP contribution >= 0.6 is 0 Å². The molecule has 0 atom stereocenters. The molecule has 1 heterocycles. The van der Waals surface area contributed by atoms with E-state index in [1.165, 1.54) is 67.8 Å². The van der Waals surface area contributed by atoms with Gasteiger partial charge in [0, 0.05) is 29.7 Å². The summed E-state index contributed by atoms with van der Waals surface area (Å²) < 4.78 is 0. The summed E-state index contributed by atoms with van der Waals surface area (Å²) in [6.45, 7) is 0.792. The third-order valence-electron chi connectivity index (χ3n) is 7.77. The molecule has 0 saturated heterocycles. The first-order valence-corrected chi connectivity index (χ1v) is 10.6. The molecule has 1 aromatic carbocycles. The molecule has 1 aromatic heterocycles. The van der Waals surface area contributed by atoms with Crippen LogP contribution in [0.2, 0.25) is 0 Å². The number of benzene rings is 1. The van der Waals surface area contributed by atoms with Crippen LogP contribution in [0.4, 0.5) is 0 Å². The van der Waals surface area contributed by atoms with Gasteiger partial charge in [-0.3, -0.25) is 4.79 Å². The maximum atomic E-state index is 13.9. The lowest BCUT2D eigenvalue weighted by atomic mass is 9.49. The molecule has 5 fully saturated rings. The molecule has 0 spiro atoms. The summed E-state index contributed by atoms with van der Waals surface area (Å²) in [5, 5.41) is 1.27. The van der Waals surface area contributed by atoms with Gasteiger partial charge in [0.25, 0.3) is 0 Å². The van der Waals surface area contributed by atoms with Crippen LogP contribution < -0.4 is 0 Å². The molecule has 7 rings (SSSR count). The number of aromatic nitrogens is 1. The highest BCUT2D eigenvalue weighted by Crippen LogP contribution is 2.61. The quantitative estimate of drug-likeness (QED) is 0.840. The fourth-order valence-corrected chi connectivity index (χ4v) is 6.90. The normalized spacial score (nSPS) is 35.2. The van der Waals surface area contributed by atoms with E-state index < -0.39 is 0 Å². The predicted molar refractivity (Wildman–Crippen MR) is 102 cm³/mol. The van der Waals surface area contributed by atoms with E-state index in [1.54, 1.807) is 0 Å². The lowest BCUT2D eigenvalue weighted by molar-refractivity contribution is -0.159. The van der Waals surface area contributed by atoms with Gasteiger partial charge in [0.05, 0.1) is 5.41 Å². The number of fused-ring (bicyclic) bond motifs is 1. The third kappa shape index (κ3) is 2.28. The lowest BCUT2D eigenvalue weighted by Crippen LogP contribution is -2.54. The molecule has 3 heteroatoms. The topological polar surface area (TPSA) is 36.1 Å². The van der Waals surface area contributed by atoms with Crippen molar-refractivity contribution in [3.05, 3.63) is 36.0 Å². The second kappa shape index (κ2) is 5.37. The largest absolute Gasteiger partial charge is 0.361 e. The summed E-state index contributed by atoms with van der Waals surface area (Å²) >= 11 is 0. The van der Waals surface area contributed by atoms with Gasteiger partial charge in [0.1, 0.15) is 0 Å². The fraction of sp³-hybridized carbons (Fsp3) is 0.609. The predicted octanol–water partition coefficient (Wildman–Crippen LogP) is 4.88. The van der Waals surface area contributed by atoms with Crippen LogP contribution in [0.3, 0.4) is 0 Å². The van der Waals surface area contributed by atoms with Gasteiger partial charge < -0.3 is 9.88 Å². The number of carbonyl (C=O) groups excluding carboxylic acids is 1. The Labute approximate surface area is 155 Å². The average Bonchev–Trinajstić information content (AvgIpc) is 3.34. The number of nitrogens with zero attached hydrogens (tertiary/aromatic N) is 1. The van der Waals surface area contributed by atoms with Gasteiger partial charge in [0.15, 0.2) is 0 Å². The first-order chi connectivity index (χ1) is 12.7. The molecule has 5 aliphatic rings. The Hall–Kier alpha value is -1.77. The van der Waals surface area contributed by atoms with Crippen molar-refractivity contribution >= 4 is 16.8 Å². The van der Waals surface area contributed by atoms with E-state index in [1.807, 2.05) is 6.20 Å². The van der Waals surface area contributed by atoms with Crippen molar-refractivity contribution < 1.29 is 4.79 Å². The van der Waals surface area contributed by atoms with E-state index >= 15 is 0 Å². The number of H-pyrrole nitrogens is 1. The van der Waals surface area contributed by atoms with Crippen molar-refractivity contribution in [2.75, 3.05) is 0 Å². The molecule has 5 aliphatic carbocycles. The Morgan fingerprint density at radius 1 is 1.04 bits per heavy atom. The number of amides is 1. The first kappa shape index (κ1) is 15.3. The Kier molecular flexibility index (Phi) is 3.16. The van der Waals surface area contributed by atoms with Gasteiger partial charge >= 0.3 is 0 Å². The minimum Gasteiger partial charge on any atom is -0.361 e. The van der Waals surface area contributed by atoms with Crippen LogP contribution in [0, 0.1) is 23.2 Å². The number of hydrogen-bond donors (Lipinski definition) is 1. The van der Waals surface area contributed by atoms with Crippen molar-refractivity contribution in [2.24, 2.45) is 23.2 Å². The Morgan fingerprint density at radius 2 is 1.73 bits per heavy atom. The maximum absolute atomic E-state index is 13.9. The van der Waals surface area contributed by atoms with Crippen molar-refractivity contribution in [3.63, 3.8) is 0 Å². The van der Waals surface area contributed by atoms with Gasteiger partial charge in [-0.15, -0.1) is 0 Å². The van der Waals surface area contributed by atoms with E-state index in [4.69, 9.17) is 0 Å². The highest BCUT2D eigenvalue weighted by Gasteiger charge is 2.56. The summed E-state index contributed by atoms with van der Waals surface area (Å²) in [5.74, 6) is 3.00. The number of nitrogens with one attached hydrogen (secondary N) is 1. The molecule has 1 amide bonds. The van der Waals surface area contributed by atoms with Gasteiger partial charge in [-0.05, 0) is 86.8 Å². The Bertz CT molecular complexity index is 827. The third-order valence-corrected chi connectivity index (χ3v) is 7.77.